The highest BCUT2D eigenvalue weighted by atomic mass is 79.9. The van der Waals surface area contributed by atoms with E-state index in [1.807, 2.05) is 0 Å². The number of fused-ring (bicyclic) bond motifs is 2. The summed E-state index contributed by atoms with van der Waals surface area (Å²) in [4.78, 5) is 17.8. The average Bonchev–Trinajstić information content (AvgIpc) is 3.21. The van der Waals surface area contributed by atoms with Crippen LogP contribution in [-0.2, 0) is 4.79 Å². The molecule has 2 aliphatic rings. The first-order valence-electron chi connectivity index (χ1n) is 7.71. The molecule has 124 valence electrons. The summed E-state index contributed by atoms with van der Waals surface area (Å²) in [5, 5.41) is 4.11. The van der Waals surface area contributed by atoms with Gasteiger partial charge < -0.3 is 0 Å². The third kappa shape index (κ3) is 3.03. The van der Waals surface area contributed by atoms with Crippen molar-refractivity contribution in [3.8, 4) is 0 Å². The van der Waals surface area contributed by atoms with Gasteiger partial charge in [-0.15, -0.1) is 22.7 Å². The minimum Gasteiger partial charge on any atom is -0.292 e. The topological polar surface area (TPSA) is 20.3 Å². The lowest BCUT2D eigenvalue weighted by molar-refractivity contribution is -0.114. The molecule has 2 aliphatic heterocycles. The Labute approximate surface area is 166 Å². The van der Waals surface area contributed by atoms with Crippen molar-refractivity contribution in [1.82, 2.24) is 4.90 Å². The van der Waals surface area contributed by atoms with Gasteiger partial charge >= 0.3 is 0 Å². The van der Waals surface area contributed by atoms with Gasteiger partial charge in [0.05, 0.1) is 0 Å². The lowest BCUT2D eigenvalue weighted by Crippen LogP contribution is -2.43. The van der Waals surface area contributed by atoms with Gasteiger partial charge in [0.25, 0.3) is 0 Å². The Hall–Kier alpha value is -0.530. The summed E-state index contributed by atoms with van der Waals surface area (Å²) in [6, 6.07) is 4.64. The third-order valence-electron chi connectivity index (χ3n) is 4.71. The molecule has 2 aromatic rings. The molecule has 6 heteroatoms. The van der Waals surface area contributed by atoms with Crippen molar-refractivity contribution in [2.75, 3.05) is 7.05 Å². The van der Waals surface area contributed by atoms with Crippen LogP contribution in [0.3, 0.4) is 0 Å². The molecule has 2 saturated heterocycles. The van der Waals surface area contributed by atoms with Crippen molar-refractivity contribution < 1.29 is 4.79 Å². The first-order valence-corrected chi connectivity index (χ1v) is 11.1. The number of rotatable bonds is 2. The molecule has 0 amide bonds. The molecular weight excluding hydrogens is 470 g/mol. The van der Waals surface area contributed by atoms with Crippen LogP contribution in [0.15, 0.2) is 43.0 Å². The standard InChI is InChI=1S/C18H15Br2NOS2/c1-21-16-2-3-17(21)15(7-13-5-11(20)9-24-13)18(22)14(16)6-12-4-10(19)8-23-12/h4-9,16-17H,2-3H2,1H3/b14-6-,15-7-/t16-,17+. The number of halogens is 2. The molecule has 0 saturated carbocycles. The predicted molar refractivity (Wildman–Crippen MR) is 110 cm³/mol. The number of Topliss-reactive ketones (excluding diaryl/α,β-unsaturated/α-hetero) is 1. The molecule has 24 heavy (non-hydrogen) atoms. The number of piperidine rings is 1. The Bertz CT molecular complexity index is 796. The number of carbonyl (C=O) groups is 1. The average molecular weight is 485 g/mol. The van der Waals surface area contributed by atoms with E-state index in [4.69, 9.17) is 0 Å². The van der Waals surface area contributed by atoms with Gasteiger partial charge in [-0.25, -0.2) is 0 Å². The van der Waals surface area contributed by atoms with E-state index in [1.54, 1.807) is 22.7 Å². The van der Waals surface area contributed by atoms with Gasteiger partial charge in [0.2, 0.25) is 0 Å². The number of thiophene rings is 2. The fourth-order valence-corrected chi connectivity index (χ4v) is 6.37. The Morgan fingerprint density at radius 2 is 1.46 bits per heavy atom. The highest BCUT2D eigenvalue weighted by Crippen LogP contribution is 2.41. The first kappa shape index (κ1) is 16.9. The minimum atomic E-state index is 0.217. The van der Waals surface area contributed by atoms with Crippen LogP contribution >= 0.6 is 54.5 Å². The summed E-state index contributed by atoms with van der Waals surface area (Å²) < 4.78 is 2.14. The van der Waals surface area contributed by atoms with Gasteiger partial charge in [0, 0.05) is 52.7 Å². The van der Waals surface area contributed by atoms with Gasteiger partial charge in [-0.1, -0.05) is 0 Å². The van der Waals surface area contributed by atoms with Crippen molar-refractivity contribution in [3.63, 3.8) is 0 Å². The first-order chi connectivity index (χ1) is 11.5. The second-order valence-corrected chi connectivity index (χ2v) is 9.85. The maximum atomic E-state index is 13.2. The molecule has 0 radical (unpaired) electrons. The summed E-state index contributed by atoms with van der Waals surface area (Å²) in [6.45, 7) is 0. The second-order valence-electron chi connectivity index (χ2n) is 6.14. The highest BCUT2D eigenvalue weighted by molar-refractivity contribution is 9.10. The minimum absolute atomic E-state index is 0.217. The Morgan fingerprint density at radius 3 is 1.83 bits per heavy atom. The largest absolute Gasteiger partial charge is 0.292 e. The zero-order valence-corrected chi connectivity index (χ0v) is 17.8. The highest BCUT2D eigenvalue weighted by Gasteiger charge is 2.44. The van der Waals surface area contributed by atoms with Crippen LogP contribution in [0, 0.1) is 0 Å². The molecular formula is C18H15Br2NOS2. The summed E-state index contributed by atoms with van der Waals surface area (Å²) >= 11 is 10.3. The molecule has 4 rings (SSSR count). The van der Waals surface area contributed by atoms with Gasteiger partial charge in [0.1, 0.15) is 0 Å². The number of hydrogen-bond donors (Lipinski definition) is 0. The maximum Gasteiger partial charge on any atom is 0.188 e. The van der Waals surface area contributed by atoms with Crippen molar-refractivity contribution in [3.05, 3.63) is 52.7 Å². The van der Waals surface area contributed by atoms with Crippen LogP contribution in [0.4, 0.5) is 0 Å². The molecule has 2 bridgehead atoms. The quantitative estimate of drug-likeness (QED) is 0.498. The van der Waals surface area contributed by atoms with E-state index >= 15 is 0 Å². The van der Waals surface area contributed by atoms with Crippen molar-refractivity contribution in [2.45, 2.75) is 24.9 Å². The number of likely N-dealkylation sites (N-methyl/N-ethyl adjacent to an activating group) is 1. The fraction of sp³-hybridized carbons (Fsp3) is 0.278. The normalized spacial score (nSPS) is 27.5. The van der Waals surface area contributed by atoms with Crippen molar-refractivity contribution >= 4 is 72.5 Å². The van der Waals surface area contributed by atoms with Gasteiger partial charge in [0.15, 0.2) is 5.78 Å². The predicted octanol–water partition coefficient (Wildman–Crippen LogP) is 5.85. The smallest absolute Gasteiger partial charge is 0.188 e. The van der Waals surface area contributed by atoms with Crippen molar-refractivity contribution in [1.29, 1.82) is 0 Å². The number of nitrogens with zero attached hydrogens (tertiary/aromatic N) is 1. The zero-order chi connectivity index (χ0) is 16.8. The summed E-state index contributed by atoms with van der Waals surface area (Å²) in [7, 11) is 2.14. The van der Waals surface area contributed by atoms with E-state index in [9.17, 15) is 4.79 Å². The Balaban J connectivity index is 1.77. The zero-order valence-electron chi connectivity index (χ0n) is 13.0. The summed E-state index contributed by atoms with van der Waals surface area (Å²) in [5.74, 6) is 0.217. The van der Waals surface area contributed by atoms with Crippen LogP contribution in [-0.4, -0.2) is 29.8 Å². The lowest BCUT2D eigenvalue weighted by Gasteiger charge is -2.34. The lowest BCUT2D eigenvalue weighted by atomic mass is 9.90. The summed E-state index contributed by atoms with van der Waals surface area (Å²) in [6.07, 6.45) is 6.27. The van der Waals surface area contributed by atoms with E-state index in [0.717, 1.165) is 42.7 Å². The molecule has 0 spiro atoms. The Morgan fingerprint density at radius 1 is 1.00 bits per heavy atom. The van der Waals surface area contributed by atoms with Gasteiger partial charge in [-0.05, 0) is 76.0 Å². The van der Waals surface area contributed by atoms with Crippen molar-refractivity contribution in [2.24, 2.45) is 0 Å². The molecule has 2 aromatic heterocycles. The molecule has 4 heterocycles. The number of ketones is 1. The van der Waals surface area contributed by atoms with Gasteiger partial charge in [-0.3, -0.25) is 9.69 Å². The summed E-state index contributed by atoms with van der Waals surface area (Å²) in [5.41, 5.74) is 1.87. The van der Waals surface area contributed by atoms with Gasteiger partial charge in [-0.2, -0.15) is 0 Å². The fourth-order valence-electron chi connectivity index (χ4n) is 3.60. The third-order valence-corrected chi connectivity index (χ3v) is 7.99. The van der Waals surface area contributed by atoms with E-state index in [2.05, 4.69) is 78.9 Å². The van der Waals surface area contributed by atoms with Crippen LogP contribution < -0.4 is 0 Å². The number of carbonyl (C=O) groups excluding carboxylic acids is 1. The van der Waals surface area contributed by atoms with E-state index in [-0.39, 0.29) is 17.9 Å². The molecule has 0 aliphatic carbocycles. The molecule has 0 aromatic carbocycles. The molecule has 2 fully saturated rings. The van der Waals surface area contributed by atoms with Crippen LogP contribution in [0.1, 0.15) is 22.6 Å². The second kappa shape index (κ2) is 6.65. The van der Waals surface area contributed by atoms with E-state index < -0.39 is 0 Å². The van der Waals surface area contributed by atoms with E-state index in [0.29, 0.717) is 0 Å². The van der Waals surface area contributed by atoms with Crippen LogP contribution in [0.2, 0.25) is 0 Å². The molecule has 2 nitrogen and oxygen atoms in total. The molecule has 2 atom stereocenters. The molecule has 0 N–H and O–H groups in total. The van der Waals surface area contributed by atoms with E-state index in [1.165, 1.54) is 0 Å². The van der Waals surface area contributed by atoms with Crippen LogP contribution in [0.25, 0.3) is 12.2 Å². The Kier molecular flexibility index (Phi) is 4.69. The molecule has 0 unspecified atom stereocenters. The monoisotopic (exact) mass is 483 g/mol. The van der Waals surface area contributed by atoms with Crippen LogP contribution in [0.5, 0.6) is 0 Å². The SMILES string of the molecule is CN1[C@@H]2CC[C@H]1/C(=C/c1cc(Br)cs1)C(=O)/C2=C\c1cc(Br)cs1. The maximum absolute atomic E-state index is 13.2. The number of hydrogen-bond acceptors (Lipinski definition) is 4.